The van der Waals surface area contributed by atoms with Crippen molar-refractivity contribution in [3.63, 3.8) is 0 Å². The third-order valence-corrected chi connectivity index (χ3v) is 20.2. The van der Waals surface area contributed by atoms with Gasteiger partial charge in [-0.3, -0.25) is 9.98 Å². The molecule has 15 rings (SSSR count). The Hall–Kier alpha value is -8.48. The third kappa shape index (κ3) is 11.8. The summed E-state index contributed by atoms with van der Waals surface area (Å²) in [6.07, 6.45) is 33.4. The highest BCUT2D eigenvalue weighted by atomic mass is 32.2. The van der Waals surface area contributed by atoms with Crippen LogP contribution in [0.15, 0.2) is 128 Å². The Morgan fingerprint density at radius 2 is 0.944 bits per heavy atom. The van der Waals surface area contributed by atoms with Crippen LogP contribution in [0.5, 0.6) is 0 Å². The number of nitrogens with two attached hydrogens (primary N) is 3. The van der Waals surface area contributed by atoms with Gasteiger partial charge in [0.2, 0.25) is 37.9 Å². The van der Waals surface area contributed by atoms with E-state index in [9.17, 15) is 34.0 Å². The predicted octanol–water partition coefficient (Wildman–Crippen LogP) is 9.40. The van der Waals surface area contributed by atoms with Gasteiger partial charge in [0.25, 0.3) is 10.0 Å². The summed E-state index contributed by atoms with van der Waals surface area (Å²) in [4.78, 5) is 39.5. The van der Waals surface area contributed by atoms with Crippen molar-refractivity contribution in [2.75, 3.05) is 16.0 Å². The van der Waals surface area contributed by atoms with Gasteiger partial charge in [-0.15, -0.1) is 0 Å². The molecule has 3 fully saturated rings. The van der Waals surface area contributed by atoms with Crippen LogP contribution in [0.3, 0.4) is 0 Å². The van der Waals surface area contributed by atoms with Crippen LogP contribution in [0.4, 0.5) is 43.7 Å². The number of allylic oxidation sites excluding steroid dienone is 2. The first-order valence-corrected chi connectivity index (χ1v) is 34.1. The number of sulfonamides is 3. The van der Waals surface area contributed by atoms with Crippen molar-refractivity contribution in [3.8, 4) is 0 Å². The minimum Gasteiger partial charge on any atom is -0.324 e. The predicted molar refractivity (Wildman–Crippen MR) is 334 cm³/mol. The normalized spacial score (nSPS) is 18.0. The second kappa shape index (κ2) is 23.2. The van der Waals surface area contributed by atoms with Gasteiger partial charge in [0.05, 0.1) is 52.2 Å². The average Bonchev–Trinajstić information content (AvgIpc) is 2.50. The molecule has 29 heteroatoms. The van der Waals surface area contributed by atoms with E-state index < -0.39 is 46.6 Å². The molecule has 462 valence electrons. The van der Waals surface area contributed by atoms with E-state index in [4.69, 9.17) is 30.4 Å². The average molecular weight is 1270 g/mol. The zero-order valence-corrected chi connectivity index (χ0v) is 50.7. The molecule has 3 saturated carbocycles. The molecule has 2 aromatic carbocycles. The number of fused-ring (bicyclic) bond motifs is 12. The van der Waals surface area contributed by atoms with E-state index >= 15 is 0 Å². The Labute approximate surface area is 511 Å². The number of nitrogens with zero attached hydrogens (tertiary/aromatic N) is 12. The van der Waals surface area contributed by atoms with Gasteiger partial charge >= 0.3 is 0 Å². The first-order chi connectivity index (χ1) is 42.7. The smallest absolute Gasteiger partial charge is 0.255 e. The van der Waals surface area contributed by atoms with E-state index in [1.807, 2.05) is 0 Å². The van der Waals surface area contributed by atoms with E-state index in [2.05, 4.69) is 102 Å². The standard InChI is InChI=1S/C21H22FN5O2S.C20H21FN6O2S.C19H21N7O2S/c22-17-12-16(30(23,28)29)6-7-18(17)25-20-24-13-14-11-15-5-4-10-21(8-2-1-3-9-21)27(15)19(14)26-20;21-16-9-14(4-5-17(16)30(22,28)29)25-19-24-10-13-8-15-11-23-12-20(6-2-1-3-7-20)27(15)18(13)26-19;20-29(27,28)16-5-4-14(10-22-16)24-18-23-9-13-8-15-11-21-12-19(6-2-1-3-7-19)26(15)17(13)25-18/h4,6-7,10-13H,1-3,5,8-9H2,(H2,23,28,29)(H,24,25,26);4-5,8-10,12H,1-3,6-7,11H2,(H2,22,28,29)(H,24,25,26);4-5,8-10,12H,1-3,6-7,11H2,(H2,20,27,28)(H,23,24,25). The van der Waals surface area contributed by atoms with Gasteiger partial charge in [0.1, 0.15) is 33.5 Å². The topological polar surface area (TPSA) is 346 Å². The molecule has 3 spiro atoms. The summed E-state index contributed by atoms with van der Waals surface area (Å²) in [5.74, 6) is -0.682. The molecule has 6 aliphatic rings. The van der Waals surface area contributed by atoms with Crippen LogP contribution >= 0.6 is 0 Å². The molecule has 9 N–H and O–H groups in total. The van der Waals surface area contributed by atoms with Crippen molar-refractivity contribution in [3.05, 3.63) is 132 Å². The number of primary sulfonamides is 3. The van der Waals surface area contributed by atoms with Crippen LogP contribution in [0.2, 0.25) is 0 Å². The minimum absolute atomic E-state index is 0.0540. The summed E-state index contributed by atoms with van der Waals surface area (Å²) in [5.41, 5.74) is 6.72. The number of aromatic nitrogens is 10. The van der Waals surface area contributed by atoms with Crippen LogP contribution in [-0.2, 0) is 66.2 Å². The van der Waals surface area contributed by atoms with Crippen molar-refractivity contribution in [2.24, 2.45) is 25.4 Å². The SMILES string of the molecule is NS(=O)(=O)c1ccc(Nc2ncc3cc4n(c3n2)C2(C=CC4)CCCCC2)c(F)c1.NS(=O)(=O)c1ccc(Nc2ncc3cc4n(c3n2)C2(C=NC4)CCCCC2)cc1F.NS(=O)(=O)c1ccc(Nc2ncc3cc4n(c3n2)C2(C=NC4)CCCCC2)cn1. The van der Waals surface area contributed by atoms with Gasteiger partial charge in [0.15, 0.2) is 5.03 Å². The molecule has 10 heterocycles. The molecule has 7 aromatic heterocycles. The molecular weight excluding hydrogens is 1200 g/mol. The van der Waals surface area contributed by atoms with Gasteiger partial charge in [-0.2, -0.15) is 15.0 Å². The van der Waals surface area contributed by atoms with Gasteiger partial charge in [-0.1, -0.05) is 69.9 Å². The van der Waals surface area contributed by atoms with E-state index in [0.717, 1.165) is 120 Å². The lowest BCUT2D eigenvalue weighted by molar-refractivity contribution is 0.253. The minimum atomic E-state index is -4.12. The van der Waals surface area contributed by atoms with Crippen molar-refractivity contribution >= 4 is 111 Å². The molecule has 9 aromatic rings. The summed E-state index contributed by atoms with van der Waals surface area (Å²) in [7, 11) is -11.9. The Morgan fingerprint density at radius 1 is 0.461 bits per heavy atom. The van der Waals surface area contributed by atoms with Crippen molar-refractivity contribution in [2.45, 2.75) is 147 Å². The maximum absolute atomic E-state index is 14.4. The number of benzene rings is 2. The first kappa shape index (κ1) is 59.5. The Morgan fingerprint density at radius 3 is 1.42 bits per heavy atom. The maximum Gasteiger partial charge on any atom is 0.255 e. The number of hydrogen-bond donors (Lipinski definition) is 6. The fourth-order valence-corrected chi connectivity index (χ4v) is 15.1. The summed E-state index contributed by atoms with van der Waals surface area (Å²) in [6.45, 7) is 1.26. The summed E-state index contributed by atoms with van der Waals surface area (Å²) in [5, 5.41) is 26.8. The Bertz CT molecular complexity index is 4700. The molecule has 89 heavy (non-hydrogen) atoms. The van der Waals surface area contributed by atoms with E-state index in [1.54, 1.807) is 24.7 Å². The summed E-state index contributed by atoms with van der Waals surface area (Å²) < 4.78 is 104. The van der Waals surface area contributed by atoms with Gasteiger partial charge in [-0.25, -0.2) is 69.4 Å². The van der Waals surface area contributed by atoms with E-state index in [1.165, 1.54) is 81.1 Å². The molecule has 0 bridgehead atoms. The first-order valence-electron chi connectivity index (χ1n) is 29.4. The molecule has 0 radical (unpaired) electrons. The number of nitrogens with one attached hydrogen (secondary N) is 3. The maximum atomic E-state index is 14.4. The lowest BCUT2D eigenvalue weighted by Gasteiger charge is -2.40. The number of aliphatic imine (C=N–C) groups is 2. The number of halogens is 2. The highest BCUT2D eigenvalue weighted by Gasteiger charge is 2.40. The second-order valence-corrected chi connectivity index (χ2v) is 28.2. The number of hydrogen-bond acceptors (Lipinski definition) is 18. The molecule has 3 aliphatic heterocycles. The van der Waals surface area contributed by atoms with Crippen molar-refractivity contribution in [1.29, 1.82) is 0 Å². The zero-order chi connectivity index (χ0) is 61.9. The van der Waals surface area contributed by atoms with E-state index in [-0.39, 0.29) is 38.2 Å². The Kier molecular flexibility index (Phi) is 15.5. The fourth-order valence-electron chi connectivity index (χ4n) is 13.6. The van der Waals surface area contributed by atoms with Crippen LogP contribution in [0.25, 0.3) is 33.1 Å². The zero-order valence-electron chi connectivity index (χ0n) is 48.2. The number of anilines is 6. The van der Waals surface area contributed by atoms with Gasteiger partial charge in [-0.05, 0) is 105 Å². The molecule has 3 aliphatic carbocycles. The quantitative estimate of drug-likeness (QED) is 0.0733. The largest absolute Gasteiger partial charge is 0.324 e. The van der Waals surface area contributed by atoms with Gasteiger partial charge < -0.3 is 29.7 Å². The summed E-state index contributed by atoms with van der Waals surface area (Å²) >= 11 is 0. The van der Waals surface area contributed by atoms with Gasteiger partial charge in [0, 0.05) is 76.4 Å². The molecule has 24 nitrogen and oxygen atoms in total. The molecule has 0 amide bonds. The van der Waals surface area contributed by atoms with Crippen LogP contribution in [0, 0.1) is 11.6 Å². The van der Waals surface area contributed by atoms with Crippen LogP contribution in [0.1, 0.15) is 113 Å². The second-order valence-electron chi connectivity index (χ2n) is 23.6. The van der Waals surface area contributed by atoms with Crippen molar-refractivity contribution in [1.82, 2.24) is 48.6 Å². The Balaban J connectivity index is 0.000000123. The lowest BCUT2D eigenvalue weighted by atomic mass is 9.79. The highest BCUT2D eigenvalue weighted by Crippen LogP contribution is 2.44. The van der Waals surface area contributed by atoms with Crippen LogP contribution < -0.4 is 31.4 Å². The highest BCUT2D eigenvalue weighted by molar-refractivity contribution is 7.89. The number of rotatable bonds is 9. The third-order valence-electron chi connectivity index (χ3n) is 17.6. The van der Waals surface area contributed by atoms with Crippen LogP contribution in [-0.4, -0.2) is 86.3 Å². The fraction of sp³-hybridized carbons (Fsp3) is 0.350. The van der Waals surface area contributed by atoms with Crippen molar-refractivity contribution < 1.29 is 34.0 Å². The molecular formula is C60H64F2N18O6S3. The molecule has 0 saturated heterocycles. The monoisotopic (exact) mass is 1270 g/mol. The summed E-state index contributed by atoms with van der Waals surface area (Å²) in [6, 6.07) is 16.3. The molecule has 0 unspecified atom stereocenters. The lowest BCUT2D eigenvalue weighted by Crippen LogP contribution is -2.40. The van der Waals surface area contributed by atoms with E-state index in [0.29, 0.717) is 36.4 Å². The molecule has 0 atom stereocenters. The number of pyridine rings is 1.